The van der Waals surface area contributed by atoms with Crippen molar-refractivity contribution in [3.63, 3.8) is 0 Å². The highest BCUT2D eigenvalue weighted by Gasteiger charge is 2.48. The minimum atomic E-state index is -1.83. The molecular weight excluding hydrogens is 548 g/mol. The van der Waals surface area contributed by atoms with Crippen LogP contribution in [0.1, 0.15) is 60.1 Å². The number of benzene rings is 2. The molecule has 210 valence electrons. The number of aromatic nitrogens is 2. The second-order valence-electron chi connectivity index (χ2n) is 11.3. The third-order valence-electron chi connectivity index (χ3n) is 8.39. The highest BCUT2D eigenvalue weighted by Crippen LogP contribution is 2.56. The first-order valence-corrected chi connectivity index (χ1v) is 13.8. The fraction of sp³-hybridized carbons (Fsp3) is 0.281. The molecule has 0 spiro atoms. The maximum atomic E-state index is 15.5. The number of nitrogens with zero attached hydrogens (tertiary/aromatic N) is 2. The van der Waals surface area contributed by atoms with Crippen molar-refractivity contribution < 1.29 is 18.7 Å². The Balaban J connectivity index is 1.39. The van der Waals surface area contributed by atoms with Gasteiger partial charge in [-0.15, -0.1) is 0 Å². The van der Waals surface area contributed by atoms with Crippen LogP contribution in [0.4, 0.5) is 14.5 Å². The lowest BCUT2D eigenvalue weighted by Gasteiger charge is -2.25. The van der Waals surface area contributed by atoms with Crippen molar-refractivity contribution in [1.29, 1.82) is 0 Å². The first kappa shape index (κ1) is 27.3. The summed E-state index contributed by atoms with van der Waals surface area (Å²) in [6, 6.07) is 12.5. The highest BCUT2D eigenvalue weighted by molar-refractivity contribution is 6.31. The molecule has 1 amide bonds. The van der Waals surface area contributed by atoms with Gasteiger partial charge >= 0.3 is 0 Å². The number of fused-ring (bicyclic) bond motifs is 1. The fourth-order valence-electron chi connectivity index (χ4n) is 5.92. The maximum absolute atomic E-state index is 15.5. The van der Waals surface area contributed by atoms with Crippen LogP contribution >= 0.6 is 11.6 Å². The zero-order valence-electron chi connectivity index (χ0n) is 22.9. The molecule has 3 heterocycles. The monoisotopic (exact) mass is 575 g/mol. The summed E-state index contributed by atoms with van der Waals surface area (Å²) in [5.74, 6) is -1.80. The number of pyridine rings is 2. The molecule has 1 aliphatic heterocycles. The van der Waals surface area contributed by atoms with Crippen LogP contribution in [0, 0.1) is 31.4 Å². The van der Waals surface area contributed by atoms with E-state index in [4.69, 9.17) is 11.6 Å². The number of carbonyl (C=O) groups is 1. The number of rotatable bonds is 5. The molecule has 0 radical (unpaired) electrons. The molecular formula is C32H28ClF2N3O3. The second-order valence-corrected chi connectivity index (χ2v) is 11.7. The normalized spacial score (nSPS) is 21.2. The SMILES string of the molecule is Cc1cnc(-c2cc3c(cc2F)[C@@](O)(C(C)C)C(=O)N3)cc1-n1c(C)cc([C@@H]2CC2c2ccc(F)cc2)c(Cl)c1=O. The van der Waals surface area contributed by atoms with Crippen LogP contribution in [0.2, 0.25) is 5.02 Å². The van der Waals surface area contributed by atoms with Crippen LogP contribution in [0.15, 0.2) is 59.5 Å². The molecule has 3 atom stereocenters. The van der Waals surface area contributed by atoms with Crippen LogP contribution in [0.25, 0.3) is 16.9 Å². The number of amides is 1. The molecule has 2 aliphatic rings. The Bertz CT molecular complexity index is 1800. The Hall–Kier alpha value is -3.88. The van der Waals surface area contributed by atoms with E-state index < -0.39 is 28.8 Å². The molecule has 1 saturated carbocycles. The van der Waals surface area contributed by atoms with Crippen molar-refractivity contribution >= 4 is 23.2 Å². The first-order valence-electron chi connectivity index (χ1n) is 13.4. The van der Waals surface area contributed by atoms with E-state index in [0.29, 0.717) is 22.6 Å². The van der Waals surface area contributed by atoms with E-state index in [2.05, 4.69) is 10.3 Å². The van der Waals surface area contributed by atoms with E-state index in [0.717, 1.165) is 17.5 Å². The molecule has 1 fully saturated rings. The van der Waals surface area contributed by atoms with E-state index in [1.54, 1.807) is 45.2 Å². The second kappa shape index (κ2) is 9.60. The number of hydrogen-bond donors (Lipinski definition) is 2. The fourth-order valence-corrected chi connectivity index (χ4v) is 6.20. The van der Waals surface area contributed by atoms with Gasteiger partial charge in [0.15, 0.2) is 5.60 Å². The average molecular weight is 576 g/mol. The van der Waals surface area contributed by atoms with Crippen LogP contribution < -0.4 is 10.9 Å². The lowest BCUT2D eigenvalue weighted by molar-refractivity contribution is -0.138. The summed E-state index contributed by atoms with van der Waals surface area (Å²) in [5.41, 5.74) is 2.23. The average Bonchev–Trinajstić information content (AvgIpc) is 3.68. The number of carbonyl (C=O) groups excluding carboxylic acids is 1. The van der Waals surface area contributed by atoms with Crippen molar-refractivity contribution in [2.45, 2.75) is 51.6 Å². The van der Waals surface area contributed by atoms with Gasteiger partial charge in [-0.25, -0.2) is 8.78 Å². The molecule has 1 unspecified atom stereocenters. The minimum Gasteiger partial charge on any atom is -0.375 e. The summed E-state index contributed by atoms with van der Waals surface area (Å²) >= 11 is 6.66. The number of aliphatic hydroxyl groups is 1. The summed E-state index contributed by atoms with van der Waals surface area (Å²) in [4.78, 5) is 30.6. The molecule has 41 heavy (non-hydrogen) atoms. The zero-order valence-corrected chi connectivity index (χ0v) is 23.7. The molecule has 2 N–H and O–H groups in total. The molecule has 0 saturated heterocycles. The van der Waals surface area contributed by atoms with Crippen molar-refractivity contribution in [1.82, 2.24) is 9.55 Å². The summed E-state index contributed by atoms with van der Waals surface area (Å²) in [6.07, 6.45) is 2.37. The van der Waals surface area contributed by atoms with Gasteiger partial charge in [-0.2, -0.15) is 0 Å². The lowest BCUT2D eigenvalue weighted by Crippen LogP contribution is -2.39. The maximum Gasteiger partial charge on any atom is 0.274 e. The van der Waals surface area contributed by atoms with Crippen LogP contribution in [-0.4, -0.2) is 20.6 Å². The number of anilines is 1. The molecule has 1 aliphatic carbocycles. The van der Waals surface area contributed by atoms with Crippen molar-refractivity contribution in [3.05, 3.63) is 110 Å². The Morgan fingerprint density at radius 1 is 1.07 bits per heavy atom. The van der Waals surface area contributed by atoms with Crippen LogP contribution in [0.3, 0.4) is 0 Å². The molecule has 0 bridgehead atoms. The third kappa shape index (κ3) is 4.28. The summed E-state index contributed by atoms with van der Waals surface area (Å²) in [5, 5.41) is 13.8. The first-order chi connectivity index (χ1) is 19.4. The quantitative estimate of drug-likeness (QED) is 0.284. The highest BCUT2D eigenvalue weighted by atomic mass is 35.5. The summed E-state index contributed by atoms with van der Waals surface area (Å²) in [7, 11) is 0. The van der Waals surface area contributed by atoms with Gasteiger partial charge in [-0.05, 0) is 91.1 Å². The molecule has 9 heteroatoms. The van der Waals surface area contributed by atoms with E-state index in [1.807, 2.05) is 13.0 Å². The van der Waals surface area contributed by atoms with Crippen molar-refractivity contribution in [3.8, 4) is 16.9 Å². The standard InChI is InChI=1S/C32H28ClF2N3O3/c1-15(2)32(41)24-12-25(35)23(11-27(24)37-31(32)40)26-13-28(16(3)14-36-26)38-17(4)9-22(29(33)30(38)39)21-10-20(21)18-5-7-19(34)8-6-18/h5-9,11-15,20-21,41H,10H2,1-4H3,(H,37,40)/t20?,21-,32+/m1/s1. The molecule has 2 aromatic heterocycles. The molecule has 2 aromatic carbocycles. The van der Waals surface area contributed by atoms with E-state index >= 15 is 4.39 Å². The zero-order chi connectivity index (χ0) is 29.4. The largest absolute Gasteiger partial charge is 0.375 e. The molecule has 6 nitrogen and oxygen atoms in total. The minimum absolute atomic E-state index is 0.0586. The number of aryl methyl sites for hydroxylation is 2. The van der Waals surface area contributed by atoms with Gasteiger partial charge in [-0.3, -0.25) is 19.1 Å². The van der Waals surface area contributed by atoms with E-state index in [-0.39, 0.29) is 39.5 Å². The summed E-state index contributed by atoms with van der Waals surface area (Å²) < 4.78 is 30.3. The Labute approximate surface area is 240 Å². The topological polar surface area (TPSA) is 84.2 Å². The predicted octanol–water partition coefficient (Wildman–Crippen LogP) is 6.51. The van der Waals surface area contributed by atoms with E-state index in [1.165, 1.54) is 28.8 Å². The van der Waals surface area contributed by atoms with Crippen LogP contribution in [0.5, 0.6) is 0 Å². The lowest BCUT2D eigenvalue weighted by atomic mass is 9.84. The van der Waals surface area contributed by atoms with Gasteiger partial charge < -0.3 is 10.4 Å². The molecule has 6 rings (SSSR count). The van der Waals surface area contributed by atoms with Gasteiger partial charge in [0.05, 0.1) is 11.4 Å². The number of hydrogen-bond acceptors (Lipinski definition) is 4. The van der Waals surface area contributed by atoms with Crippen molar-refractivity contribution in [2.24, 2.45) is 5.92 Å². The Morgan fingerprint density at radius 2 is 1.78 bits per heavy atom. The number of nitrogens with one attached hydrogen (secondary N) is 1. The van der Waals surface area contributed by atoms with Crippen LogP contribution in [-0.2, 0) is 10.4 Å². The van der Waals surface area contributed by atoms with E-state index in [9.17, 15) is 19.1 Å². The smallest absolute Gasteiger partial charge is 0.274 e. The predicted molar refractivity (Wildman–Crippen MR) is 154 cm³/mol. The third-order valence-corrected chi connectivity index (χ3v) is 8.77. The Morgan fingerprint density at radius 3 is 2.46 bits per heavy atom. The summed E-state index contributed by atoms with van der Waals surface area (Å²) in [6.45, 7) is 7.00. The van der Waals surface area contributed by atoms with Crippen molar-refractivity contribution in [2.75, 3.05) is 5.32 Å². The van der Waals surface area contributed by atoms with Gasteiger partial charge in [-0.1, -0.05) is 37.6 Å². The molecule has 4 aromatic rings. The van der Waals surface area contributed by atoms with Gasteiger partial charge in [0.25, 0.3) is 11.5 Å². The Kier molecular flexibility index (Phi) is 6.39. The number of halogens is 3. The van der Waals surface area contributed by atoms with Gasteiger partial charge in [0, 0.05) is 28.7 Å². The van der Waals surface area contributed by atoms with Gasteiger partial charge in [0.1, 0.15) is 16.7 Å². The van der Waals surface area contributed by atoms with Gasteiger partial charge in [0.2, 0.25) is 0 Å².